The van der Waals surface area contributed by atoms with Gasteiger partial charge in [0, 0.05) is 27.8 Å². The van der Waals surface area contributed by atoms with Gasteiger partial charge in [0.25, 0.3) is 0 Å². The number of nitrogens with zero attached hydrogens (tertiary/aromatic N) is 1. The van der Waals surface area contributed by atoms with Crippen molar-refractivity contribution in [3.05, 3.63) is 20.8 Å². The van der Waals surface area contributed by atoms with Crippen molar-refractivity contribution in [1.29, 1.82) is 0 Å². The van der Waals surface area contributed by atoms with Crippen LogP contribution >= 0.6 is 27.3 Å². The van der Waals surface area contributed by atoms with Crippen molar-refractivity contribution in [3.8, 4) is 0 Å². The summed E-state index contributed by atoms with van der Waals surface area (Å²) in [5, 5.41) is 2.13. The number of thiophene rings is 1. The molecule has 2 unspecified atom stereocenters. The molecule has 1 aliphatic rings. The minimum absolute atomic E-state index is 0.126. The fraction of sp³-hybridized carbons (Fsp3) is 0.667. The molecular weight excluding hydrogens is 300 g/mol. The van der Waals surface area contributed by atoms with Crippen molar-refractivity contribution in [1.82, 2.24) is 4.90 Å². The smallest absolute Gasteiger partial charge is 0.0902 e. The first-order valence-electron chi connectivity index (χ1n) is 6.06. The predicted molar refractivity (Wildman–Crippen MR) is 75.4 cm³/mol. The number of hydrogen-bond donors (Lipinski definition) is 1. The second-order valence-electron chi connectivity index (χ2n) is 4.29. The van der Waals surface area contributed by atoms with Gasteiger partial charge in [-0.15, -0.1) is 11.3 Å². The molecule has 0 radical (unpaired) electrons. The SMILES string of the molecule is CCCN1CCOC(CN)C1c1cc(Br)cs1. The molecule has 2 heterocycles. The van der Waals surface area contributed by atoms with E-state index < -0.39 is 0 Å². The Balaban J connectivity index is 2.21. The molecule has 5 heteroatoms. The molecule has 1 aromatic heterocycles. The van der Waals surface area contributed by atoms with Gasteiger partial charge in [0.05, 0.1) is 18.8 Å². The third-order valence-corrected chi connectivity index (χ3v) is 4.84. The highest BCUT2D eigenvalue weighted by molar-refractivity contribution is 9.10. The average molecular weight is 319 g/mol. The van der Waals surface area contributed by atoms with Crippen LogP contribution in [0.3, 0.4) is 0 Å². The minimum Gasteiger partial charge on any atom is -0.374 e. The second kappa shape index (κ2) is 6.29. The predicted octanol–water partition coefficient (Wildman–Crippen LogP) is 2.62. The van der Waals surface area contributed by atoms with Gasteiger partial charge in [-0.1, -0.05) is 6.92 Å². The van der Waals surface area contributed by atoms with Gasteiger partial charge in [0.15, 0.2) is 0 Å². The molecule has 1 saturated heterocycles. The summed E-state index contributed by atoms with van der Waals surface area (Å²) in [5.74, 6) is 0. The van der Waals surface area contributed by atoms with Crippen LogP contribution in [-0.2, 0) is 4.74 Å². The van der Waals surface area contributed by atoms with Crippen molar-refractivity contribution in [2.45, 2.75) is 25.5 Å². The summed E-state index contributed by atoms with van der Waals surface area (Å²) >= 11 is 5.30. The Bertz CT molecular complexity index is 356. The minimum atomic E-state index is 0.126. The Labute approximate surface area is 115 Å². The van der Waals surface area contributed by atoms with Gasteiger partial charge in [-0.3, -0.25) is 4.90 Å². The largest absolute Gasteiger partial charge is 0.374 e. The molecule has 0 aliphatic carbocycles. The number of ether oxygens (including phenoxy) is 1. The van der Waals surface area contributed by atoms with E-state index in [0.29, 0.717) is 12.6 Å². The maximum absolute atomic E-state index is 5.84. The lowest BCUT2D eigenvalue weighted by Crippen LogP contribution is -2.48. The quantitative estimate of drug-likeness (QED) is 0.927. The molecule has 17 heavy (non-hydrogen) atoms. The zero-order valence-electron chi connectivity index (χ0n) is 10.1. The molecule has 1 aromatic rings. The molecule has 0 bridgehead atoms. The van der Waals surface area contributed by atoms with E-state index in [1.54, 1.807) is 11.3 Å². The third-order valence-electron chi connectivity index (χ3n) is 3.08. The molecule has 1 fully saturated rings. The van der Waals surface area contributed by atoms with Gasteiger partial charge in [0.2, 0.25) is 0 Å². The molecule has 0 saturated carbocycles. The average Bonchev–Trinajstić information content (AvgIpc) is 2.75. The van der Waals surface area contributed by atoms with E-state index in [-0.39, 0.29) is 6.10 Å². The first-order chi connectivity index (χ1) is 8.26. The highest BCUT2D eigenvalue weighted by Gasteiger charge is 2.33. The lowest BCUT2D eigenvalue weighted by Gasteiger charge is -2.40. The number of halogens is 1. The highest BCUT2D eigenvalue weighted by Crippen LogP contribution is 2.34. The molecule has 96 valence electrons. The topological polar surface area (TPSA) is 38.5 Å². The van der Waals surface area contributed by atoms with Gasteiger partial charge in [-0.05, 0) is 35.0 Å². The molecule has 2 rings (SSSR count). The molecule has 2 atom stereocenters. The van der Waals surface area contributed by atoms with Crippen LogP contribution < -0.4 is 5.73 Å². The van der Waals surface area contributed by atoms with Gasteiger partial charge < -0.3 is 10.5 Å². The number of hydrogen-bond acceptors (Lipinski definition) is 4. The summed E-state index contributed by atoms with van der Waals surface area (Å²) in [5.41, 5.74) is 5.84. The van der Waals surface area contributed by atoms with Crippen LogP contribution in [0.1, 0.15) is 24.3 Å². The standard InChI is InChI=1S/C12H19BrN2OS/c1-2-3-15-4-5-16-10(7-14)12(15)11-6-9(13)8-17-11/h6,8,10,12H,2-5,7,14H2,1H3. The molecule has 0 aromatic carbocycles. The van der Waals surface area contributed by atoms with E-state index in [0.717, 1.165) is 24.2 Å². The van der Waals surface area contributed by atoms with Gasteiger partial charge >= 0.3 is 0 Å². The highest BCUT2D eigenvalue weighted by atomic mass is 79.9. The Morgan fingerprint density at radius 3 is 3.06 bits per heavy atom. The van der Waals surface area contributed by atoms with Crippen LogP contribution in [0.25, 0.3) is 0 Å². The number of nitrogens with two attached hydrogens (primary N) is 1. The molecular formula is C12H19BrN2OS. The van der Waals surface area contributed by atoms with Crippen molar-refractivity contribution in [2.24, 2.45) is 5.73 Å². The number of morpholine rings is 1. The summed E-state index contributed by atoms with van der Waals surface area (Å²) in [7, 11) is 0. The Morgan fingerprint density at radius 1 is 1.65 bits per heavy atom. The monoisotopic (exact) mass is 318 g/mol. The number of rotatable bonds is 4. The van der Waals surface area contributed by atoms with Crippen LogP contribution in [0, 0.1) is 0 Å². The van der Waals surface area contributed by atoms with Crippen LogP contribution in [0.15, 0.2) is 15.9 Å². The normalized spacial score (nSPS) is 26.3. The second-order valence-corrected chi connectivity index (χ2v) is 6.15. The lowest BCUT2D eigenvalue weighted by molar-refractivity contribution is -0.0664. The Morgan fingerprint density at radius 2 is 2.47 bits per heavy atom. The van der Waals surface area contributed by atoms with E-state index >= 15 is 0 Å². The van der Waals surface area contributed by atoms with E-state index in [4.69, 9.17) is 10.5 Å². The van der Waals surface area contributed by atoms with Gasteiger partial charge in [-0.2, -0.15) is 0 Å². The van der Waals surface area contributed by atoms with Crippen LogP contribution in [0.4, 0.5) is 0 Å². The summed E-state index contributed by atoms with van der Waals surface area (Å²) in [4.78, 5) is 3.85. The summed E-state index contributed by atoms with van der Waals surface area (Å²) in [6, 6.07) is 2.51. The lowest BCUT2D eigenvalue weighted by atomic mass is 10.1. The first kappa shape index (κ1) is 13.5. The first-order valence-corrected chi connectivity index (χ1v) is 7.73. The van der Waals surface area contributed by atoms with Crippen molar-refractivity contribution in [2.75, 3.05) is 26.2 Å². The van der Waals surface area contributed by atoms with Gasteiger partial charge in [0.1, 0.15) is 0 Å². The molecule has 3 nitrogen and oxygen atoms in total. The Hall–Kier alpha value is 0.0600. The zero-order valence-corrected chi connectivity index (χ0v) is 12.5. The fourth-order valence-corrected chi connectivity index (χ4v) is 4.00. The van der Waals surface area contributed by atoms with E-state index in [1.807, 2.05) is 0 Å². The fourth-order valence-electron chi connectivity index (χ4n) is 2.37. The zero-order chi connectivity index (χ0) is 12.3. The van der Waals surface area contributed by atoms with E-state index in [1.165, 1.54) is 11.3 Å². The van der Waals surface area contributed by atoms with Crippen molar-refractivity contribution < 1.29 is 4.74 Å². The summed E-state index contributed by atoms with van der Waals surface area (Å²) in [6.07, 6.45) is 1.29. The molecule has 0 amide bonds. The summed E-state index contributed by atoms with van der Waals surface area (Å²) in [6.45, 7) is 5.71. The van der Waals surface area contributed by atoms with Crippen LogP contribution in [-0.4, -0.2) is 37.2 Å². The summed E-state index contributed by atoms with van der Waals surface area (Å²) < 4.78 is 6.95. The molecule has 1 aliphatic heterocycles. The third kappa shape index (κ3) is 3.09. The maximum atomic E-state index is 5.84. The molecule has 2 N–H and O–H groups in total. The van der Waals surface area contributed by atoms with E-state index in [9.17, 15) is 0 Å². The van der Waals surface area contributed by atoms with Crippen molar-refractivity contribution in [3.63, 3.8) is 0 Å². The van der Waals surface area contributed by atoms with Crippen LogP contribution in [0.5, 0.6) is 0 Å². The van der Waals surface area contributed by atoms with E-state index in [2.05, 4.69) is 39.2 Å². The Kier molecular flexibility index (Phi) is 4.99. The maximum Gasteiger partial charge on any atom is 0.0902 e. The van der Waals surface area contributed by atoms with Crippen LogP contribution in [0.2, 0.25) is 0 Å². The van der Waals surface area contributed by atoms with Crippen molar-refractivity contribution >= 4 is 27.3 Å². The molecule has 0 spiro atoms. The van der Waals surface area contributed by atoms with Gasteiger partial charge in [-0.25, -0.2) is 0 Å².